The number of halogens is 1. The van der Waals surface area contributed by atoms with Gasteiger partial charge < -0.3 is 10.1 Å². The third-order valence-corrected chi connectivity index (χ3v) is 6.39. The maximum atomic E-state index is 12.9. The largest absolute Gasteiger partial charge is 0.444 e. The Morgan fingerprint density at radius 1 is 1.07 bits per heavy atom. The van der Waals surface area contributed by atoms with E-state index in [2.05, 4.69) is 37.6 Å². The summed E-state index contributed by atoms with van der Waals surface area (Å²) < 4.78 is 6.94. The molecule has 0 radical (unpaired) electrons. The summed E-state index contributed by atoms with van der Waals surface area (Å²) in [5.41, 5.74) is 4.62. The van der Waals surface area contributed by atoms with Crippen molar-refractivity contribution in [3.8, 4) is 0 Å². The monoisotopic (exact) mass is 489 g/mol. The first-order chi connectivity index (χ1) is 13.9. The number of thiazole rings is 1. The Balaban J connectivity index is 1.81. The molecule has 2 amide bonds. The van der Waals surface area contributed by atoms with Crippen molar-refractivity contribution in [2.24, 2.45) is 0 Å². The van der Waals surface area contributed by atoms with E-state index in [0.717, 1.165) is 31.6 Å². The Kier molecular flexibility index (Phi) is 6.19. The smallest absolute Gasteiger partial charge is 0.413 e. The highest BCUT2D eigenvalue weighted by Crippen LogP contribution is 2.33. The number of carbonyl (C=O) groups is 2. The molecule has 0 atom stereocenters. The summed E-state index contributed by atoms with van der Waals surface area (Å²) in [6, 6.07) is 7.31. The first-order valence-corrected chi connectivity index (χ1v) is 11.0. The summed E-state index contributed by atoms with van der Waals surface area (Å²) in [4.78, 5) is 29.2. The van der Waals surface area contributed by atoms with Gasteiger partial charge in [-0.2, -0.15) is 0 Å². The van der Waals surface area contributed by atoms with Gasteiger partial charge in [0.2, 0.25) is 0 Å². The van der Waals surface area contributed by atoms with Crippen LogP contribution in [0.2, 0.25) is 0 Å². The number of carbonyl (C=O) groups excluding carboxylic acids is 2. The number of rotatable bonds is 3. The second kappa shape index (κ2) is 8.35. The van der Waals surface area contributed by atoms with Gasteiger partial charge in [-0.15, -0.1) is 0 Å². The van der Waals surface area contributed by atoms with E-state index in [9.17, 15) is 9.59 Å². The molecule has 0 aliphatic rings. The third-order valence-electron chi connectivity index (χ3n) is 4.46. The van der Waals surface area contributed by atoms with Crippen LogP contribution < -0.4 is 10.6 Å². The lowest BCUT2D eigenvalue weighted by Gasteiger charge is -2.18. The first kappa shape index (κ1) is 22.2. The molecule has 8 heteroatoms. The van der Waals surface area contributed by atoms with Crippen molar-refractivity contribution in [3.63, 3.8) is 0 Å². The number of ether oxygens (including phenoxy) is 1. The van der Waals surface area contributed by atoms with Crippen molar-refractivity contribution in [1.29, 1.82) is 0 Å². The van der Waals surface area contributed by atoms with Crippen molar-refractivity contribution in [3.05, 3.63) is 51.0 Å². The Hall–Kier alpha value is -2.45. The summed E-state index contributed by atoms with van der Waals surface area (Å²) in [6.45, 7) is 11.4. The van der Waals surface area contributed by atoms with Gasteiger partial charge in [0.05, 0.1) is 15.9 Å². The van der Waals surface area contributed by atoms with Crippen LogP contribution in [0.15, 0.2) is 28.7 Å². The summed E-state index contributed by atoms with van der Waals surface area (Å²) in [5.74, 6) is -0.209. The van der Waals surface area contributed by atoms with Crippen LogP contribution in [0.4, 0.5) is 15.6 Å². The predicted octanol–water partition coefficient (Wildman–Crippen LogP) is 6.58. The number of aryl methyl sites for hydroxylation is 2. The number of benzene rings is 2. The molecule has 0 aliphatic carbocycles. The van der Waals surface area contributed by atoms with Gasteiger partial charge in [-0.1, -0.05) is 17.4 Å². The topological polar surface area (TPSA) is 80.3 Å². The molecule has 3 rings (SSSR count). The number of hydrogen-bond acceptors (Lipinski definition) is 5. The molecule has 30 heavy (non-hydrogen) atoms. The van der Waals surface area contributed by atoms with Gasteiger partial charge in [0.25, 0.3) is 5.91 Å². The van der Waals surface area contributed by atoms with E-state index in [1.807, 2.05) is 20.8 Å². The number of nitrogens with zero attached hydrogens (tertiary/aromatic N) is 1. The molecule has 0 spiro atoms. The van der Waals surface area contributed by atoms with E-state index in [1.54, 1.807) is 39.0 Å². The fourth-order valence-electron chi connectivity index (χ4n) is 2.89. The molecule has 158 valence electrons. The van der Waals surface area contributed by atoms with Gasteiger partial charge in [-0.05, 0) is 92.4 Å². The van der Waals surface area contributed by atoms with Gasteiger partial charge in [0.15, 0.2) is 5.13 Å². The predicted molar refractivity (Wildman–Crippen MR) is 126 cm³/mol. The minimum absolute atomic E-state index is 0.209. The summed E-state index contributed by atoms with van der Waals surface area (Å²) >= 11 is 4.88. The normalized spacial score (nSPS) is 11.4. The minimum atomic E-state index is -0.591. The van der Waals surface area contributed by atoms with Crippen LogP contribution in [0.25, 0.3) is 10.2 Å². The lowest BCUT2D eigenvalue weighted by Crippen LogP contribution is -2.27. The average molecular weight is 490 g/mol. The first-order valence-electron chi connectivity index (χ1n) is 9.43. The van der Waals surface area contributed by atoms with Gasteiger partial charge in [-0.3, -0.25) is 10.1 Å². The van der Waals surface area contributed by atoms with Crippen LogP contribution in [0.1, 0.15) is 47.8 Å². The molecule has 3 aromatic rings. The standard InChI is InChI=1S/C22H24BrN3O3S/c1-11-9-12(2)18(17(23)13(11)3)25-19(27)14-7-8-15-16(10-14)30-20(24-15)26-21(28)29-22(4,5)6/h7-10H,1-6H3,(H,25,27)(H,24,26,28). The molecule has 0 bridgehead atoms. The van der Waals surface area contributed by atoms with Crippen LogP contribution in [0, 0.1) is 20.8 Å². The van der Waals surface area contributed by atoms with Crippen molar-refractivity contribution < 1.29 is 14.3 Å². The van der Waals surface area contributed by atoms with Gasteiger partial charge >= 0.3 is 6.09 Å². The molecule has 0 saturated carbocycles. The summed E-state index contributed by atoms with van der Waals surface area (Å²) in [6.07, 6.45) is -0.561. The molecule has 1 heterocycles. The van der Waals surface area contributed by atoms with E-state index in [1.165, 1.54) is 11.3 Å². The molecule has 0 aliphatic heterocycles. The zero-order valence-corrected chi connectivity index (χ0v) is 20.2. The van der Waals surface area contributed by atoms with Crippen LogP contribution >= 0.6 is 27.3 Å². The fraction of sp³-hybridized carbons (Fsp3) is 0.318. The van der Waals surface area contributed by atoms with Crippen molar-refractivity contribution in [2.45, 2.75) is 47.1 Å². The Morgan fingerprint density at radius 3 is 2.43 bits per heavy atom. The molecule has 2 aromatic carbocycles. The van der Waals surface area contributed by atoms with E-state index in [0.29, 0.717) is 16.2 Å². The molecular formula is C22H24BrN3O3S. The lowest BCUT2D eigenvalue weighted by atomic mass is 10.0. The third kappa shape index (κ3) is 4.99. The fourth-order valence-corrected chi connectivity index (χ4v) is 4.50. The van der Waals surface area contributed by atoms with Crippen molar-refractivity contribution >= 4 is 60.3 Å². The highest BCUT2D eigenvalue weighted by atomic mass is 79.9. The highest BCUT2D eigenvalue weighted by Gasteiger charge is 2.18. The molecule has 1 aromatic heterocycles. The van der Waals surface area contributed by atoms with Crippen molar-refractivity contribution in [1.82, 2.24) is 4.98 Å². The SMILES string of the molecule is Cc1cc(C)c(NC(=O)c2ccc3nc(NC(=O)OC(C)(C)C)sc3c2)c(Br)c1C. The summed E-state index contributed by atoms with van der Waals surface area (Å²) in [5, 5.41) is 6.06. The molecule has 2 N–H and O–H groups in total. The lowest BCUT2D eigenvalue weighted by molar-refractivity contribution is 0.0635. The zero-order chi connectivity index (χ0) is 22.2. The Morgan fingerprint density at radius 2 is 1.77 bits per heavy atom. The van der Waals surface area contributed by atoms with Gasteiger partial charge in [0, 0.05) is 10.0 Å². The van der Waals surface area contributed by atoms with Gasteiger partial charge in [0.1, 0.15) is 5.60 Å². The van der Waals surface area contributed by atoms with Crippen LogP contribution in [-0.4, -0.2) is 22.6 Å². The van der Waals surface area contributed by atoms with E-state index >= 15 is 0 Å². The second-order valence-electron chi connectivity index (χ2n) is 8.11. The molecule has 0 unspecified atom stereocenters. The number of hydrogen-bond donors (Lipinski definition) is 2. The number of fused-ring (bicyclic) bond motifs is 1. The van der Waals surface area contributed by atoms with Crippen LogP contribution in [-0.2, 0) is 4.74 Å². The number of aromatic nitrogens is 1. The number of anilines is 2. The number of nitrogens with one attached hydrogen (secondary N) is 2. The second-order valence-corrected chi connectivity index (χ2v) is 9.93. The maximum Gasteiger partial charge on any atom is 0.413 e. The molecule has 6 nitrogen and oxygen atoms in total. The highest BCUT2D eigenvalue weighted by molar-refractivity contribution is 9.10. The Bertz CT molecular complexity index is 1150. The maximum absolute atomic E-state index is 12.9. The molecule has 0 saturated heterocycles. The quantitative estimate of drug-likeness (QED) is 0.435. The zero-order valence-electron chi connectivity index (χ0n) is 17.8. The van der Waals surface area contributed by atoms with Gasteiger partial charge in [-0.25, -0.2) is 9.78 Å². The van der Waals surface area contributed by atoms with Crippen molar-refractivity contribution in [2.75, 3.05) is 10.6 Å². The van der Waals surface area contributed by atoms with E-state index in [4.69, 9.17) is 4.74 Å². The van der Waals surface area contributed by atoms with Crippen LogP contribution in [0.5, 0.6) is 0 Å². The van der Waals surface area contributed by atoms with E-state index < -0.39 is 11.7 Å². The minimum Gasteiger partial charge on any atom is -0.444 e. The number of amides is 2. The Labute approximate surface area is 188 Å². The van der Waals surface area contributed by atoms with E-state index in [-0.39, 0.29) is 5.91 Å². The average Bonchev–Trinajstić information content (AvgIpc) is 3.02. The molecular weight excluding hydrogens is 466 g/mol. The van der Waals surface area contributed by atoms with Crippen LogP contribution in [0.3, 0.4) is 0 Å². The molecule has 0 fully saturated rings. The summed E-state index contributed by atoms with van der Waals surface area (Å²) in [7, 11) is 0.